The van der Waals surface area contributed by atoms with Gasteiger partial charge in [-0.15, -0.1) is 0 Å². The SMILES string of the molecule is COC(=O)c1cc(C(C)(N)OS(=O)O)ccc1[N+](=O)[O-]. The molecule has 0 aliphatic rings. The molecule has 2 unspecified atom stereocenters. The van der Waals surface area contributed by atoms with Gasteiger partial charge in [0.05, 0.1) is 12.0 Å². The number of nitro groups is 1. The molecule has 9 nitrogen and oxygen atoms in total. The molecule has 2 atom stereocenters. The van der Waals surface area contributed by atoms with E-state index in [2.05, 4.69) is 8.92 Å². The van der Waals surface area contributed by atoms with Crippen molar-refractivity contribution in [2.45, 2.75) is 12.6 Å². The molecule has 0 spiro atoms. The van der Waals surface area contributed by atoms with Crippen molar-refractivity contribution >= 4 is 23.0 Å². The van der Waals surface area contributed by atoms with E-state index in [1.165, 1.54) is 13.0 Å². The fourth-order valence-corrected chi connectivity index (χ4v) is 1.87. The second-order valence-electron chi connectivity index (χ2n) is 3.89. The van der Waals surface area contributed by atoms with Crippen LogP contribution in [0.5, 0.6) is 0 Å². The average Bonchev–Trinajstić information content (AvgIpc) is 2.35. The van der Waals surface area contributed by atoms with Crippen molar-refractivity contribution in [3.8, 4) is 0 Å². The molecule has 3 N–H and O–H groups in total. The second kappa shape index (κ2) is 6.05. The summed E-state index contributed by atoms with van der Waals surface area (Å²) in [5, 5.41) is 10.8. The number of carbonyl (C=O) groups excluding carboxylic acids is 1. The summed E-state index contributed by atoms with van der Waals surface area (Å²) < 4.78 is 28.4. The minimum Gasteiger partial charge on any atom is -0.465 e. The van der Waals surface area contributed by atoms with Gasteiger partial charge in [0.2, 0.25) is 0 Å². The molecule has 0 amide bonds. The van der Waals surface area contributed by atoms with Crippen LogP contribution in [0.4, 0.5) is 5.69 Å². The van der Waals surface area contributed by atoms with E-state index in [1.54, 1.807) is 0 Å². The summed E-state index contributed by atoms with van der Waals surface area (Å²) in [5.41, 5.74) is 3.27. The standard InChI is InChI=1S/C10H12N2O7S/c1-10(11,19-20(16)17)6-3-4-8(12(14)15)7(5-6)9(13)18-2/h3-5H,11H2,1-2H3,(H,16,17). The lowest BCUT2D eigenvalue weighted by atomic mass is 10.0. The number of ether oxygens (including phenoxy) is 1. The first-order chi connectivity index (χ1) is 9.19. The number of nitrogens with zero attached hydrogens (tertiary/aromatic N) is 1. The van der Waals surface area contributed by atoms with Crippen molar-refractivity contribution in [1.29, 1.82) is 0 Å². The molecule has 20 heavy (non-hydrogen) atoms. The number of carbonyl (C=O) groups is 1. The van der Waals surface area contributed by atoms with Gasteiger partial charge in [-0.2, -0.15) is 4.21 Å². The summed E-state index contributed by atoms with van der Waals surface area (Å²) in [6, 6.07) is 3.34. The van der Waals surface area contributed by atoms with E-state index >= 15 is 0 Å². The van der Waals surface area contributed by atoms with E-state index in [9.17, 15) is 19.1 Å². The summed E-state index contributed by atoms with van der Waals surface area (Å²) in [6.45, 7) is 1.27. The number of hydrogen-bond acceptors (Lipinski definition) is 7. The number of benzene rings is 1. The van der Waals surface area contributed by atoms with Crippen molar-refractivity contribution in [3.05, 3.63) is 39.4 Å². The Balaban J connectivity index is 3.35. The predicted molar refractivity (Wildman–Crippen MR) is 67.8 cm³/mol. The monoisotopic (exact) mass is 304 g/mol. The number of esters is 1. The van der Waals surface area contributed by atoms with Crippen LogP contribution < -0.4 is 5.73 Å². The molecule has 0 radical (unpaired) electrons. The number of nitro benzene ring substituents is 1. The molecule has 0 aliphatic carbocycles. The third-order valence-corrected chi connectivity index (χ3v) is 2.90. The van der Waals surface area contributed by atoms with Gasteiger partial charge in [-0.3, -0.25) is 20.4 Å². The van der Waals surface area contributed by atoms with Crippen molar-refractivity contribution in [3.63, 3.8) is 0 Å². The first kappa shape index (κ1) is 16.2. The third-order valence-electron chi connectivity index (χ3n) is 2.42. The van der Waals surface area contributed by atoms with Gasteiger partial charge in [-0.25, -0.2) is 8.98 Å². The van der Waals surface area contributed by atoms with Crippen molar-refractivity contribution < 1.29 is 27.4 Å². The van der Waals surface area contributed by atoms with Gasteiger partial charge in [0, 0.05) is 11.6 Å². The van der Waals surface area contributed by atoms with Gasteiger partial charge in [0.1, 0.15) is 5.56 Å². The van der Waals surface area contributed by atoms with Crippen molar-refractivity contribution in [1.82, 2.24) is 0 Å². The van der Waals surface area contributed by atoms with Crippen LogP contribution >= 0.6 is 0 Å². The topological polar surface area (TPSA) is 142 Å². The molecule has 110 valence electrons. The number of methoxy groups -OCH3 is 1. The van der Waals surface area contributed by atoms with Crippen LogP contribution in [-0.4, -0.2) is 26.8 Å². The maximum atomic E-state index is 11.5. The maximum Gasteiger partial charge on any atom is 0.344 e. The molecule has 0 saturated carbocycles. The molecule has 0 bridgehead atoms. The van der Waals surface area contributed by atoms with E-state index in [1.807, 2.05) is 0 Å². The molecule has 0 aliphatic heterocycles. The summed E-state index contributed by atoms with van der Waals surface area (Å²) in [5.74, 6) is -0.931. The van der Waals surface area contributed by atoms with E-state index in [0.717, 1.165) is 19.2 Å². The van der Waals surface area contributed by atoms with Crippen LogP contribution in [-0.2, 0) is 26.0 Å². The van der Waals surface area contributed by atoms with Gasteiger partial charge in [0.15, 0.2) is 5.72 Å². The Hall–Kier alpha value is -1.88. The fraction of sp³-hybridized carbons (Fsp3) is 0.300. The maximum absolute atomic E-state index is 11.5. The molecular weight excluding hydrogens is 292 g/mol. The normalized spacial score (nSPS) is 15.2. The van der Waals surface area contributed by atoms with Crippen molar-refractivity contribution in [2.75, 3.05) is 7.11 Å². The van der Waals surface area contributed by atoms with Crippen LogP contribution in [0, 0.1) is 10.1 Å². The summed E-state index contributed by atoms with van der Waals surface area (Å²) in [6.07, 6.45) is 0. The number of nitrogens with two attached hydrogens (primary N) is 1. The summed E-state index contributed by atoms with van der Waals surface area (Å²) in [4.78, 5) is 21.6. The molecule has 0 fully saturated rings. The predicted octanol–water partition coefficient (Wildman–Crippen LogP) is 0.666. The lowest BCUT2D eigenvalue weighted by molar-refractivity contribution is -0.385. The van der Waals surface area contributed by atoms with Crippen LogP contribution in [0.15, 0.2) is 18.2 Å². The van der Waals surface area contributed by atoms with Gasteiger partial charge in [0.25, 0.3) is 5.69 Å². The van der Waals surface area contributed by atoms with Gasteiger partial charge in [-0.1, -0.05) is 0 Å². The zero-order valence-electron chi connectivity index (χ0n) is 10.6. The lowest BCUT2D eigenvalue weighted by Crippen LogP contribution is -2.37. The Labute approximate surface area is 116 Å². The zero-order valence-corrected chi connectivity index (χ0v) is 11.4. The highest BCUT2D eigenvalue weighted by Crippen LogP contribution is 2.27. The van der Waals surface area contributed by atoms with E-state index in [4.69, 9.17) is 10.3 Å². The van der Waals surface area contributed by atoms with Crippen LogP contribution in [0.25, 0.3) is 0 Å². The second-order valence-corrected chi connectivity index (χ2v) is 4.49. The van der Waals surface area contributed by atoms with Gasteiger partial charge < -0.3 is 4.74 Å². The van der Waals surface area contributed by atoms with Crippen LogP contribution in [0.2, 0.25) is 0 Å². The summed E-state index contributed by atoms with van der Waals surface area (Å²) in [7, 11) is 1.07. The minimum absolute atomic E-state index is 0.103. The Morgan fingerprint density at radius 1 is 1.55 bits per heavy atom. The molecular formula is C10H12N2O7S. The lowest BCUT2D eigenvalue weighted by Gasteiger charge is -2.22. The van der Waals surface area contributed by atoms with E-state index in [0.29, 0.717) is 0 Å². The Bertz CT molecular complexity index is 573. The van der Waals surface area contributed by atoms with E-state index < -0.39 is 33.7 Å². The Morgan fingerprint density at radius 2 is 2.15 bits per heavy atom. The molecule has 1 rings (SSSR count). The Morgan fingerprint density at radius 3 is 2.60 bits per heavy atom. The number of rotatable bonds is 5. The van der Waals surface area contributed by atoms with Crippen LogP contribution in [0.3, 0.4) is 0 Å². The molecule has 0 aromatic heterocycles. The Kier molecular flexibility index (Phi) is 4.89. The van der Waals surface area contributed by atoms with Gasteiger partial charge in [-0.05, 0) is 19.1 Å². The number of hydrogen-bond donors (Lipinski definition) is 2. The minimum atomic E-state index is -2.64. The zero-order chi connectivity index (χ0) is 15.5. The van der Waals surface area contributed by atoms with E-state index in [-0.39, 0.29) is 11.1 Å². The average molecular weight is 304 g/mol. The largest absolute Gasteiger partial charge is 0.465 e. The fourth-order valence-electron chi connectivity index (χ4n) is 1.47. The highest BCUT2D eigenvalue weighted by molar-refractivity contribution is 7.74. The smallest absolute Gasteiger partial charge is 0.344 e. The van der Waals surface area contributed by atoms with Crippen molar-refractivity contribution in [2.24, 2.45) is 5.73 Å². The van der Waals surface area contributed by atoms with Gasteiger partial charge >= 0.3 is 17.3 Å². The molecule has 0 saturated heterocycles. The highest BCUT2D eigenvalue weighted by atomic mass is 32.2. The first-order valence-electron chi connectivity index (χ1n) is 5.15. The molecule has 10 heteroatoms. The quantitative estimate of drug-likeness (QED) is 0.265. The molecule has 1 aromatic rings. The third kappa shape index (κ3) is 3.57. The molecule has 1 aromatic carbocycles. The molecule has 0 heterocycles. The highest BCUT2D eigenvalue weighted by Gasteiger charge is 2.29. The summed E-state index contributed by atoms with van der Waals surface area (Å²) >= 11 is -2.64. The first-order valence-corrected chi connectivity index (χ1v) is 6.18. The van der Waals surface area contributed by atoms with Crippen LogP contribution in [0.1, 0.15) is 22.8 Å².